The summed E-state index contributed by atoms with van der Waals surface area (Å²) in [6.07, 6.45) is 0. The van der Waals surface area contributed by atoms with E-state index in [0.717, 1.165) is 0 Å². The molecule has 0 atom stereocenters. The number of rotatable bonds is 6. The molecule has 30 heavy (non-hydrogen) atoms. The van der Waals surface area contributed by atoms with Crippen molar-refractivity contribution in [3.8, 4) is 23.7 Å². The largest absolute Gasteiger partial charge is 0.449 e. The Morgan fingerprint density at radius 1 is 0.767 bits per heavy atom. The average Bonchev–Trinajstić information content (AvgIpc) is 2.76. The summed E-state index contributed by atoms with van der Waals surface area (Å²) >= 11 is 0. The molecule has 2 rings (SSSR count). The highest BCUT2D eigenvalue weighted by Crippen LogP contribution is 2.20. The van der Waals surface area contributed by atoms with E-state index < -0.39 is 11.9 Å². The zero-order chi connectivity index (χ0) is 21.6. The van der Waals surface area contributed by atoms with Crippen molar-refractivity contribution in [1.82, 2.24) is 0 Å². The molecule has 0 spiro atoms. The summed E-state index contributed by atoms with van der Waals surface area (Å²) in [4.78, 5) is 29.2. The molecule has 10 nitrogen and oxygen atoms in total. The van der Waals surface area contributed by atoms with E-state index in [4.69, 9.17) is 20.5 Å². The Bertz CT molecular complexity index is 1080. The van der Waals surface area contributed by atoms with Crippen LogP contribution in [0.3, 0.4) is 0 Å². The molecule has 0 radical (unpaired) electrons. The van der Waals surface area contributed by atoms with Gasteiger partial charge in [0.25, 0.3) is 0 Å². The summed E-state index contributed by atoms with van der Waals surface area (Å²) in [5, 5.41) is 6.83. The number of hydrogen-bond donors (Lipinski definition) is 0. The molecule has 0 saturated carbocycles. The molecular formula is C20H12N6O4. The smallest absolute Gasteiger partial charge is 0.339 e. The Morgan fingerprint density at radius 3 is 1.57 bits per heavy atom. The van der Waals surface area contributed by atoms with Crippen molar-refractivity contribution in [1.29, 1.82) is 0 Å². The first-order valence-electron chi connectivity index (χ1n) is 8.25. The molecule has 0 fully saturated rings. The van der Waals surface area contributed by atoms with Crippen molar-refractivity contribution in [2.75, 3.05) is 13.2 Å². The minimum Gasteiger partial charge on any atom is -0.449 e. The number of hydrogen-bond acceptors (Lipinski definition) is 6. The van der Waals surface area contributed by atoms with E-state index in [9.17, 15) is 9.59 Å². The van der Waals surface area contributed by atoms with Crippen LogP contribution in [0.25, 0.3) is 20.9 Å². The van der Waals surface area contributed by atoms with Crippen LogP contribution in [0.4, 0.5) is 11.4 Å². The summed E-state index contributed by atoms with van der Waals surface area (Å²) in [5.41, 5.74) is 17.5. The van der Waals surface area contributed by atoms with Crippen LogP contribution in [-0.4, -0.2) is 25.2 Å². The minimum atomic E-state index is -0.687. The van der Waals surface area contributed by atoms with Crippen molar-refractivity contribution >= 4 is 23.3 Å². The number of azide groups is 2. The zero-order valence-electron chi connectivity index (χ0n) is 15.3. The fourth-order valence-corrected chi connectivity index (χ4v) is 2.08. The van der Waals surface area contributed by atoms with Crippen LogP contribution in [0.2, 0.25) is 0 Å². The molecule has 146 valence electrons. The molecule has 0 amide bonds. The fourth-order valence-electron chi connectivity index (χ4n) is 2.08. The lowest BCUT2D eigenvalue weighted by atomic mass is 10.2. The predicted octanol–water partition coefficient (Wildman–Crippen LogP) is 4.59. The maximum absolute atomic E-state index is 12.0. The molecule has 0 N–H and O–H groups in total. The fraction of sp³-hybridized carbons (Fsp3) is 0.100. The zero-order valence-corrected chi connectivity index (χ0v) is 15.3. The maximum Gasteiger partial charge on any atom is 0.339 e. The second kappa shape index (κ2) is 11.8. The standard InChI is InChI=1S/C20H12N6O4/c21-25-23-17-11-5-3-9-15(17)19(27)29-13-7-1-2-8-14-30-20(28)16-10-4-6-12-18(16)24-26-22/h3-6,9-12H,13-14H2. The third-order valence-corrected chi connectivity index (χ3v) is 3.34. The molecule has 2 aromatic rings. The van der Waals surface area contributed by atoms with Gasteiger partial charge in [0.05, 0.1) is 22.5 Å². The monoisotopic (exact) mass is 400 g/mol. The molecule has 0 aliphatic heterocycles. The van der Waals surface area contributed by atoms with Crippen molar-refractivity contribution in [2.45, 2.75) is 0 Å². The van der Waals surface area contributed by atoms with Crippen LogP contribution in [0, 0.1) is 23.7 Å². The molecule has 10 heteroatoms. The molecule has 0 aliphatic carbocycles. The second-order valence-electron chi connectivity index (χ2n) is 5.17. The predicted molar refractivity (Wildman–Crippen MR) is 107 cm³/mol. The molecular weight excluding hydrogens is 388 g/mol. The lowest BCUT2D eigenvalue weighted by molar-refractivity contribution is 0.0548. The van der Waals surface area contributed by atoms with Gasteiger partial charge in [-0.15, -0.1) is 0 Å². The third-order valence-electron chi connectivity index (χ3n) is 3.34. The quantitative estimate of drug-likeness (QED) is 0.229. The highest BCUT2D eigenvalue weighted by atomic mass is 16.5. The van der Waals surface area contributed by atoms with Crippen LogP contribution in [0.5, 0.6) is 0 Å². The van der Waals surface area contributed by atoms with Crippen molar-refractivity contribution in [3.63, 3.8) is 0 Å². The van der Waals surface area contributed by atoms with Gasteiger partial charge in [-0.25, -0.2) is 9.59 Å². The topological polar surface area (TPSA) is 150 Å². The Morgan fingerprint density at radius 2 is 1.17 bits per heavy atom. The van der Waals surface area contributed by atoms with Gasteiger partial charge in [-0.05, 0) is 46.9 Å². The van der Waals surface area contributed by atoms with E-state index in [-0.39, 0.29) is 35.7 Å². The Balaban J connectivity index is 1.83. The first kappa shape index (κ1) is 21.4. The summed E-state index contributed by atoms with van der Waals surface area (Å²) in [5.74, 6) is 8.56. The molecule has 0 bridgehead atoms. The van der Waals surface area contributed by atoms with E-state index in [0.29, 0.717) is 0 Å². The minimum absolute atomic E-state index is 0.121. The van der Waals surface area contributed by atoms with Gasteiger partial charge in [0.15, 0.2) is 13.2 Å². The summed E-state index contributed by atoms with van der Waals surface area (Å²) < 4.78 is 9.93. The second-order valence-corrected chi connectivity index (χ2v) is 5.17. The van der Waals surface area contributed by atoms with Gasteiger partial charge in [-0.1, -0.05) is 46.6 Å². The van der Waals surface area contributed by atoms with Crippen LogP contribution >= 0.6 is 0 Å². The van der Waals surface area contributed by atoms with Gasteiger partial charge < -0.3 is 9.47 Å². The van der Waals surface area contributed by atoms with E-state index >= 15 is 0 Å². The lowest BCUT2D eigenvalue weighted by Crippen LogP contribution is -2.05. The molecule has 0 aliphatic rings. The van der Waals surface area contributed by atoms with Gasteiger partial charge >= 0.3 is 11.9 Å². The van der Waals surface area contributed by atoms with Crippen molar-refractivity contribution in [3.05, 3.63) is 80.5 Å². The van der Waals surface area contributed by atoms with Gasteiger partial charge in [0.1, 0.15) is 0 Å². The van der Waals surface area contributed by atoms with Crippen LogP contribution < -0.4 is 0 Å². The summed E-state index contributed by atoms with van der Waals surface area (Å²) in [6.45, 7) is -0.450. The van der Waals surface area contributed by atoms with E-state index in [1.54, 1.807) is 24.3 Å². The highest BCUT2D eigenvalue weighted by Gasteiger charge is 2.11. The summed E-state index contributed by atoms with van der Waals surface area (Å²) in [6, 6.07) is 12.4. The van der Waals surface area contributed by atoms with E-state index in [1.165, 1.54) is 24.3 Å². The number of nitrogens with zero attached hydrogens (tertiary/aromatic N) is 6. The molecule has 0 saturated heterocycles. The highest BCUT2D eigenvalue weighted by molar-refractivity contribution is 5.95. The van der Waals surface area contributed by atoms with Crippen LogP contribution in [-0.2, 0) is 9.47 Å². The van der Waals surface area contributed by atoms with Crippen LogP contribution in [0.1, 0.15) is 20.7 Å². The third kappa shape index (κ3) is 6.38. The van der Waals surface area contributed by atoms with E-state index in [1.807, 2.05) is 0 Å². The Labute approximate surface area is 170 Å². The summed E-state index contributed by atoms with van der Waals surface area (Å²) in [7, 11) is 0. The number of ether oxygens (including phenoxy) is 2. The number of carbonyl (C=O) groups excluding carboxylic acids is 2. The molecule has 0 aromatic heterocycles. The molecule has 2 aromatic carbocycles. The number of esters is 2. The van der Waals surface area contributed by atoms with Gasteiger partial charge in [-0.3, -0.25) is 0 Å². The van der Waals surface area contributed by atoms with Crippen LogP contribution in [0.15, 0.2) is 58.8 Å². The average molecular weight is 400 g/mol. The first-order chi connectivity index (χ1) is 14.7. The normalized spacial score (nSPS) is 8.67. The van der Waals surface area contributed by atoms with Gasteiger partial charge in [-0.2, -0.15) is 0 Å². The van der Waals surface area contributed by atoms with Gasteiger partial charge in [0.2, 0.25) is 0 Å². The lowest BCUT2D eigenvalue weighted by Gasteiger charge is -2.03. The van der Waals surface area contributed by atoms with Gasteiger partial charge in [0, 0.05) is 9.82 Å². The number of benzene rings is 2. The van der Waals surface area contributed by atoms with E-state index in [2.05, 4.69) is 43.7 Å². The van der Waals surface area contributed by atoms with Crippen molar-refractivity contribution < 1.29 is 19.1 Å². The Kier molecular flexibility index (Phi) is 8.39. The Hall–Kier alpha value is -4.88. The first-order valence-corrected chi connectivity index (χ1v) is 8.25. The molecule has 0 unspecified atom stereocenters. The maximum atomic E-state index is 12.0. The SMILES string of the molecule is [N-]=[N+]=Nc1ccccc1C(=O)OCC#CC#CCOC(=O)c1ccccc1N=[N+]=[N-]. The number of carbonyl (C=O) groups is 2. The van der Waals surface area contributed by atoms with Crippen molar-refractivity contribution in [2.24, 2.45) is 10.2 Å². The molecule has 0 heterocycles.